The molecule has 1 amide bonds. The van der Waals surface area contributed by atoms with E-state index in [4.69, 9.17) is 0 Å². The predicted octanol–water partition coefficient (Wildman–Crippen LogP) is 3.61. The Balaban J connectivity index is 1.95. The molecule has 0 spiro atoms. The summed E-state index contributed by atoms with van der Waals surface area (Å²) in [7, 11) is 3.42. The van der Waals surface area contributed by atoms with E-state index in [9.17, 15) is 18.0 Å². The lowest BCUT2D eigenvalue weighted by atomic mass is 9.85. The number of aliphatic imine (C=N–C) groups is 1. The van der Waals surface area contributed by atoms with Gasteiger partial charge in [0.05, 0.1) is 5.92 Å². The van der Waals surface area contributed by atoms with E-state index in [2.05, 4.69) is 15.6 Å². The molecule has 0 bridgehead atoms. The number of nitrogens with one attached hydrogen (secondary N) is 2. The number of alkyl halides is 3. The predicted molar refractivity (Wildman–Crippen MR) is 109 cm³/mol. The topological polar surface area (TPSA) is 56.7 Å². The van der Waals surface area contributed by atoms with Crippen molar-refractivity contribution in [3.8, 4) is 0 Å². The van der Waals surface area contributed by atoms with Gasteiger partial charge in [-0.2, -0.15) is 13.2 Å². The molecule has 0 aromatic heterocycles. The summed E-state index contributed by atoms with van der Waals surface area (Å²) in [5, 5.41) is 6.28. The Morgan fingerprint density at radius 2 is 2.03 bits per heavy atom. The number of guanidine groups is 1. The normalized spacial score (nSPS) is 20.3. The Morgan fingerprint density at radius 1 is 1.28 bits per heavy atom. The van der Waals surface area contributed by atoms with Gasteiger partial charge in [-0.3, -0.25) is 9.79 Å². The lowest BCUT2D eigenvalue weighted by molar-refractivity contribution is -0.183. The van der Waals surface area contributed by atoms with Gasteiger partial charge in [0.15, 0.2) is 5.96 Å². The Hall–Kier alpha value is -2.25. The fraction of sp³-hybridized carbons (Fsp3) is 0.619. The van der Waals surface area contributed by atoms with E-state index in [1.54, 1.807) is 20.2 Å². The zero-order chi connectivity index (χ0) is 21.4. The molecule has 1 aromatic carbocycles. The van der Waals surface area contributed by atoms with Crippen LogP contribution in [0.15, 0.2) is 29.3 Å². The van der Waals surface area contributed by atoms with Crippen LogP contribution in [0.3, 0.4) is 0 Å². The zero-order valence-corrected chi connectivity index (χ0v) is 17.4. The van der Waals surface area contributed by atoms with Crippen molar-refractivity contribution in [3.05, 3.63) is 35.4 Å². The zero-order valence-electron chi connectivity index (χ0n) is 17.4. The molecule has 0 radical (unpaired) electrons. The van der Waals surface area contributed by atoms with Crippen molar-refractivity contribution in [2.45, 2.75) is 51.2 Å². The summed E-state index contributed by atoms with van der Waals surface area (Å²) in [5.74, 6) is -0.753. The molecule has 0 saturated heterocycles. The Kier molecular flexibility index (Phi) is 8.34. The second-order valence-corrected chi connectivity index (χ2v) is 7.66. The molecule has 8 heteroatoms. The van der Waals surface area contributed by atoms with Gasteiger partial charge in [-0.05, 0) is 50.3 Å². The van der Waals surface area contributed by atoms with Crippen LogP contribution >= 0.6 is 0 Å². The minimum atomic E-state index is -4.13. The number of amides is 1. The van der Waals surface area contributed by atoms with E-state index in [1.807, 2.05) is 25.1 Å². The first-order valence-corrected chi connectivity index (χ1v) is 10.1. The molecule has 2 atom stereocenters. The molecule has 1 saturated carbocycles. The summed E-state index contributed by atoms with van der Waals surface area (Å²) >= 11 is 0. The lowest BCUT2D eigenvalue weighted by Crippen LogP contribution is -2.46. The maximum Gasteiger partial charge on any atom is 0.391 e. The molecule has 0 aliphatic heterocycles. The van der Waals surface area contributed by atoms with Crippen LogP contribution in [0.2, 0.25) is 0 Å². The highest BCUT2D eigenvalue weighted by Crippen LogP contribution is 2.37. The average molecular weight is 413 g/mol. The SMILES string of the molecule is CCNC(=NCCc1cccc(C(=O)N(C)C)c1)NC1CCCC(C(F)(F)F)C1. The molecular weight excluding hydrogens is 381 g/mol. The highest BCUT2D eigenvalue weighted by molar-refractivity contribution is 5.94. The third kappa shape index (κ3) is 7.25. The van der Waals surface area contributed by atoms with Gasteiger partial charge in [0.2, 0.25) is 0 Å². The quantitative estimate of drug-likeness (QED) is 0.554. The number of rotatable bonds is 6. The molecule has 1 aromatic rings. The van der Waals surface area contributed by atoms with Gasteiger partial charge in [-0.1, -0.05) is 18.6 Å². The molecule has 0 heterocycles. The number of halogens is 3. The van der Waals surface area contributed by atoms with Crippen LogP contribution in [0.25, 0.3) is 0 Å². The van der Waals surface area contributed by atoms with Crippen LogP contribution in [0.4, 0.5) is 13.2 Å². The van der Waals surface area contributed by atoms with Crippen molar-refractivity contribution in [1.29, 1.82) is 0 Å². The second-order valence-electron chi connectivity index (χ2n) is 7.66. The molecule has 29 heavy (non-hydrogen) atoms. The molecule has 1 aliphatic rings. The standard InChI is InChI=1S/C21H31F3N4O/c1-4-25-20(27-18-10-6-9-17(14-18)21(22,23)24)26-12-11-15-7-5-8-16(13-15)19(29)28(2)3/h5,7-8,13,17-18H,4,6,9-12,14H2,1-3H3,(H2,25,26,27). The molecule has 2 rings (SSSR count). The van der Waals surface area contributed by atoms with Crippen LogP contribution in [0.1, 0.15) is 48.5 Å². The van der Waals surface area contributed by atoms with Crippen molar-refractivity contribution in [2.24, 2.45) is 10.9 Å². The van der Waals surface area contributed by atoms with E-state index in [0.29, 0.717) is 43.9 Å². The molecule has 162 valence electrons. The number of nitrogens with zero attached hydrogens (tertiary/aromatic N) is 2. The Bertz CT molecular complexity index is 703. The van der Waals surface area contributed by atoms with E-state index in [-0.39, 0.29) is 24.8 Å². The third-order valence-corrected chi connectivity index (χ3v) is 5.07. The lowest BCUT2D eigenvalue weighted by Gasteiger charge is -2.31. The number of hydrogen-bond donors (Lipinski definition) is 2. The highest BCUT2D eigenvalue weighted by atomic mass is 19.4. The maximum absolute atomic E-state index is 13.0. The van der Waals surface area contributed by atoms with Gasteiger partial charge < -0.3 is 15.5 Å². The Labute approximate surface area is 170 Å². The van der Waals surface area contributed by atoms with Crippen LogP contribution in [0, 0.1) is 5.92 Å². The average Bonchev–Trinajstić information content (AvgIpc) is 2.67. The first-order chi connectivity index (χ1) is 13.7. The second kappa shape index (κ2) is 10.5. The van der Waals surface area contributed by atoms with Crippen molar-refractivity contribution in [2.75, 3.05) is 27.2 Å². The van der Waals surface area contributed by atoms with E-state index >= 15 is 0 Å². The molecule has 1 aliphatic carbocycles. The van der Waals surface area contributed by atoms with Crippen LogP contribution in [-0.4, -0.2) is 56.2 Å². The number of hydrogen-bond acceptors (Lipinski definition) is 2. The molecule has 2 N–H and O–H groups in total. The van der Waals surface area contributed by atoms with Gasteiger partial charge >= 0.3 is 6.18 Å². The van der Waals surface area contributed by atoms with Gasteiger partial charge in [-0.15, -0.1) is 0 Å². The van der Waals surface area contributed by atoms with Gasteiger partial charge in [0, 0.05) is 38.8 Å². The molecule has 5 nitrogen and oxygen atoms in total. The fourth-order valence-corrected chi connectivity index (χ4v) is 3.55. The van der Waals surface area contributed by atoms with Gasteiger partial charge in [0.25, 0.3) is 5.91 Å². The van der Waals surface area contributed by atoms with Crippen molar-refractivity contribution in [3.63, 3.8) is 0 Å². The first kappa shape index (κ1) is 23.0. The highest BCUT2D eigenvalue weighted by Gasteiger charge is 2.42. The number of carbonyl (C=O) groups excluding carboxylic acids is 1. The summed E-state index contributed by atoms with van der Waals surface area (Å²) in [6.07, 6.45) is -1.93. The summed E-state index contributed by atoms with van der Waals surface area (Å²) in [6.45, 7) is 3.03. The Morgan fingerprint density at radius 3 is 2.69 bits per heavy atom. The minimum absolute atomic E-state index is 0.0538. The van der Waals surface area contributed by atoms with Crippen molar-refractivity contribution in [1.82, 2.24) is 15.5 Å². The maximum atomic E-state index is 13.0. The molecular formula is C21H31F3N4O. The summed E-state index contributed by atoms with van der Waals surface area (Å²) in [5.41, 5.74) is 1.62. The third-order valence-electron chi connectivity index (χ3n) is 5.07. The minimum Gasteiger partial charge on any atom is -0.357 e. The van der Waals surface area contributed by atoms with Crippen LogP contribution in [0.5, 0.6) is 0 Å². The van der Waals surface area contributed by atoms with E-state index in [1.165, 1.54) is 4.90 Å². The summed E-state index contributed by atoms with van der Waals surface area (Å²) in [6, 6.07) is 7.19. The molecule has 2 unspecified atom stereocenters. The largest absolute Gasteiger partial charge is 0.391 e. The number of benzene rings is 1. The smallest absolute Gasteiger partial charge is 0.357 e. The fourth-order valence-electron chi connectivity index (χ4n) is 3.55. The first-order valence-electron chi connectivity index (χ1n) is 10.1. The number of carbonyl (C=O) groups is 1. The van der Waals surface area contributed by atoms with E-state index < -0.39 is 12.1 Å². The van der Waals surface area contributed by atoms with Crippen LogP contribution in [-0.2, 0) is 6.42 Å². The van der Waals surface area contributed by atoms with E-state index in [0.717, 1.165) is 5.56 Å². The monoisotopic (exact) mass is 412 g/mol. The van der Waals surface area contributed by atoms with Gasteiger partial charge in [0.1, 0.15) is 0 Å². The van der Waals surface area contributed by atoms with Gasteiger partial charge in [-0.25, -0.2) is 0 Å². The van der Waals surface area contributed by atoms with Crippen LogP contribution < -0.4 is 10.6 Å². The summed E-state index contributed by atoms with van der Waals surface area (Å²) < 4.78 is 39.1. The van der Waals surface area contributed by atoms with Crippen molar-refractivity contribution >= 4 is 11.9 Å². The summed E-state index contributed by atoms with van der Waals surface area (Å²) in [4.78, 5) is 18.1. The van der Waals surface area contributed by atoms with Crippen molar-refractivity contribution < 1.29 is 18.0 Å². The molecule has 1 fully saturated rings.